The molecule has 110 valence electrons. The minimum absolute atomic E-state index is 0.0312. The van der Waals surface area contributed by atoms with Crippen LogP contribution >= 0.6 is 11.6 Å². The van der Waals surface area contributed by atoms with E-state index in [-0.39, 0.29) is 17.3 Å². The van der Waals surface area contributed by atoms with E-state index in [0.29, 0.717) is 13.0 Å². The van der Waals surface area contributed by atoms with E-state index in [4.69, 9.17) is 16.3 Å². The predicted molar refractivity (Wildman–Crippen MR) is 68.6 cm³/mol. The number of halogens is 4. The Hall–Kier alpha value is -1.27. The predicted octanol–water partition coefficient (Wildman–Crippen LogP) is 3.72. The molecule has 1 aromatic carbocycles. The van der Waals surface area contributed by atoms with Gasteiger partial charge in [-0.05, 0) is 31.0 Å². The van der Waals surface area contributed by atoms with E-state index in [9.17, 15) is 18.0 Å². The van der Waals surface area contributed by atoms with Crippen LogP contribution in [0.5, 0.6) is 0 Å². The van der Waals surface area contributed by atoms with Crippen LogP contribution in [0, 0.1) is 5.92 Å². The maximum absolute atomic E-state index is 12.9. The fourth-order valence-electron chi connectivity index (χ4n) is 2.04. The Morgan fingerprint density at radius 2 is 2.15 bits per heavy atom. The summed E-state index contributed by atoms with van der Waals surface area (Å²) in [6, 6.07) is 3.27. The summed E-state index contributed by atoms with van der Waals surface area (Å²) < 4.78 is 43.8. The van der Waals surface area contributed by atoms with Crippen molar-refractivity contribution in [3.63, 3.8) is 0 Å². The zero-order chi connectivity index (χ0) is 14.8. The average molecular weight is 308 g/mol. The molecule has 1 fully saturated rings. The van der Waals surface area contributed by atoms with Gasteiger partial charge in [0.2, 0.25) is 5.91 Å². The Kier molecular flexibility index (Phi) is 4.55. The largest absolute Gasteiger partial charge is 0.418 e. The van der Waals surface area contributed by atoms with Gasteiger partial charge in [0, 0.05) is 11.6 Å². The molecule has 0 bridgehead atoms. The van der Waals surface area contributed by atoms with Crippen LogP contribution in [0.25, 0.3) is 0 Å². The van der Waals surface area contributed by atoms with Crippen molar-refractivity contribution in [1.29, 1.82) is 0 Å². The first-order valence-electron chi connectivity index (χ1n) is 6.13. The van der Waals surface area contributed by atoms with Crippen LogP contribution in [0.15, 0.2) is 18.2 Å². The second-order valence-corrected chi connectivity index (χ2v) is 5.03. The number of anilines is 1. The van der Waals surface area contributed by atoms with Crippen molar-refractivity contribution in [1.82, 2.24) is 0 Å². The number of hydrogen-bond donors (Lipinski definition) is 1. The Balaban J connectivity index is 2.18. The van der Waals surface area contributed by atoms with Crippen molar-refractivity contribution in [2.24, 2.45) is 5.92 Å². The van der Waals surface area contributed by atoms with Crippen molar-refractivity contribution in [3.05, 3.63) is 28.8 Å². The summed E-state index contributed by atoms with van der Waals surface area (Å²) in [7, 11) is 0. The first kappa shape index (κ1) is 15.1. The monoisotopic (exact) mass is 307 g/mol. The van der Waals surface area contributed by atoms with Crippen LogP contribution in [-0.4, -0.2) is 19.1 Å². The van der Waals surface area contributed by atoms with Crippen LogP contribution in [0.3, 0.4) is 0 Å². The second-order valence-electron chi connectivity index (χ2n) is 4.59. The van der Waals surface area contributed by atoms with E-state index < -0.39 is 23.6 Å². The number of carbonyl (C=O) groups is 1. The molecule has 1 saturated heterocycles. The van der Waals surface area contributed by atoms with Gasteiger partial charge in [-0.1, -0.05) is 11.6 Å². The minimum Gasteiger partial charge on any atom is -0.381 e. The van der Waals surface area contributed by atoms with E-state index in [2.05, 4.69) is 5.32 Å². The highest BCUT2D eigenvalue weighted by Gasteiger charge is 2.34. The SMILES string of the molecule is O=C(Nc1ccc(Cl)cc1C(F)(F)F)C1CCCOC1. The average Bonchev–Trinajstić information content (AvgIpc) is 2.40. The molecule has 1 amide bonds. The first-order chi connectivity index (χ1) is 9.38. The molecule has 1 N–H and O–H groups in total. The summed E-state index contributed by atoms with van der Waals surface area (Å²) in [6.07, 6.45) is -3.23. The number of rotatable bonds is 2. The fraction of sp³-hybridized carbons (Fsp3) is 0.462. The van der Waals surface area contributed by atoms with Gasteiger partial charge < -0.3 is 10.1 Å². The third-order valence-electron chi connectivity index (χ3n) is 3.08. The van der Waals surface area contributed by atoms with Gasteiger partial charge in [0.15, 0.2) is 0 Å². The van der Waals surface area contributed by atoms with Crippen LogP contribution in [0.4, 0.5) is 18.9 Å². The summed E-state index contributed by atoms with van der Waals surface area (Å²) in [6.45, 7) is 0.819. The van der Waals surface area contributed by atoms with E-state index in [1.54, 1.807) is 0 Å². The summed E-state index contributed by atoms with van der Waals surface area (Å²) in [5.74, 6) is -0.877. The Morgan fingerprint density at radius 1 is 1.40 bits per heavy atom. The summed E-state index contributed by atoms with van der Waals surface area (Å²) in [4.78, 5) is 11.9. The van der Waals surface area contributed by atoms with Crippen molar-refractivity contribution in [2.45, 2.75) is 19.0 Å². The third kappa shape index (κ3) is 3.64. The van der Waals surface area contributed by atoms with Crippen molar-refractivity contribution in [3.8, 4) is 0 Å². The Bertz CT molecular complexity index is 499. The van der Waals surface area contributed by atoms with Crippen LogP contribution in [-0.2, 0) is 15.7 Å². The second kappa shape index (κ2) is 6.01. The molecule has 0 aromatic heterocycles. The molecule has 0 aliphatic carbocycles. The van der Waals surface area contributed by atoms with Crippen LogP contribution < -0.4 is 5.32 Å². The standard InChI is InChI=1S/C13H13ClF3NO2/c14-9-3-4-11(10(6-9)13(15,16)17)18-12(19)8-2-1-5-20-7-8/h3-4,6,8H,1-2,5,7H2,(H,18,19). The zero-order valence-corrected chi connectivity index (χ0v) is 11.2. The number of carbonyl (C=O) groups excluding carboxylic acids is 1. The van der Waals surface area contributed by atoms with E-state index in [0.717, 1.165) is 18.6 Å². The lowest BCUT2D eigenvalue weighted by atomic mass is 10.0. The van der Waals surface area contributed by atoms with Gasteiger partial charge >= 0.3 is 6.18 Å². The van der Waals surface area contributed by atoms with Gasteiger partial charge in [-0.2, -0.15) is 13.2 Å². The number of nitrogens with one attached hydrogen (secondary N) is 1. The smallest absolute Gasteiger partial charge is 0.381 e. The highest BCUT2D eigenvalue weighted by atomic mass is 35.5. The van der Waals surface area contributed by atoms with Gasteiger partial charge in [0.05, 0.1) is 23.8 Å². The van der Waals surface area contributed by atoms with Crippen molar-refractivity contribution < 1.29 is 22.7 Å². The molecular weight excluding hydrogens is 295 g/mol. The summed E-state index contributed by atoms with van der Waals surface area (Å²) in [5.41, 5.74) is -1.23. The molecule has 2 rings (SSSR count). The third-order valence-corrected chi connectivity index (χ3v) is 3.31. The fourth-order valence-corrected chi connectivity index (χ4v) is 2.21. The lowest BCUT2D eigenvalue weighted by Crippen LogP contribution is -2.30. The van der Waals surface area contributed by atoms with E-state index >= 15 is 0 Å². The molecule has 0 saturated carbocycles. The summed E-state index contributed by atoms with van der Waals surface area (Å²) >= 11 is 5.58. The Labute approximate surface area is 119 Å². The van der Waals surface area contributed by atoms with Crippen molar-refractivity contribution >= 4 is 23.2 Å². The lowest BCUT2D eigenvalue weighted by molar-refractivity contribution is -0.137. The Morgan fingerprint density at radius 3 is 2.75 bits per heavy atom. The molecule has 1 aliphatic heterocycles. The van der Waals surface area contributed by atoms with Gasteiger partial charge in [-0.25, -0.2) is 0 Å². The molecule has 0 radical (unpaired) electrons. The molecular formula is C13H13ClF3NO2. The molecule has 1 aromatic rings. The van der Waals surface area contributed by atoms with Gasteiger partial charge in [-0.3, -0.25) is 4.79 Å². The molecule has 3 nitrogen and oxygen atoms in total. The quantitative estimate of drug-likeness (QED) is 0.904. The van der Waals surface area contributed by atoms with Gasteiger partial charge in [0.1, 0.15) is 0 Å². The zero-order valence-electron chi connectivity index (χ0n) is 10.5. The summed E-state index contributed by atoms with van der Waals surface area (Å²) in [5, 5.41) is 2.29. The molecule has 7 heteroatoms. The molecule has 1 atom stereocenters. The number of hydrogen-bond acceptors (Lipinski definition) is 2. The van der Waals surface area contributed by atoms with Gasteiger partial charge in [0.25, 0.3) is 0 Å². The highest BCUT2D eigenvalue weighted by Crippen LogP contribution is 2.36. The maximum atomic E-state index is 12.9. The minimum atomic E-state index is -4.57. The molecule has 1 unspecified atom stereocenters. The highest BCUT2D eigenvalue weighted by molar-refractivity contribution is 6.30. The number of ether oxygens (including phenoxy) is 1. The number of amides is 1. The van der Waals surface area contributed by atoms with Crippen LogP contribution in [0.2, 0.25) is 5.02 Å². The van der Waals surface area contributed by atoms with Gasteiger partial charge in [-0.15, -0.1) is 0 Å². The molecule has 1 heterocycles. The number of benzene rings is 1. The topological polar surface area (TPSA) is 38.3 Å². The number of alkyl halides is 3. The maximum Gasteiger partial charge on any atom is 0.418 e. The lowest BCUT2D eigenvalue weighted by Gasteiger charge is -2.22. The normalized spacial score (nSPS) is 19.7. The first-order valence-corrected chi connectivity index (χ1v) is 6.51. The molecule has 1 aliphatic rings. The molecule has 20 heavy (non-hydrogen) atoms. The van der Waals surface area contributed by atoms with E-state index in [1.165, 1.54) is 6.07 Å². The van der Waals surface area contributed by atoms with E-state index in [1.807, 2.05) is 0 Å². The molecule has 0 spiro atoms. The van der Waals surface area contributed by atoms with Crippen LogP contribution in [0.1, 0.15) is 18.4 Å². The van der Waals surface area contributed by atoms with Crippen molar-refractivity contribution in [2.75, 3.05) is 18.5 Å².